The van der Waals surface area contributed by atoms with E-state index in [1.807, 2.05) is 65.0 Å². The summed E-state index contributed by atoms with van der Waals surface area (Å²) < 4.78 is 18.3. The Labute approximate surface area is 571 Å². The summed E-state index contributed by atoms with van der Waals surface area (Å²) in [6.07, 6.45) is 5.82. The molecule has 14 N–H and O–H groups in total. The third-order valence-electron chi connectivity index (χ3n) is 13.8. The number of amides is 5. The minimum atomic E-state index is -1.15. The van der Waals surface area contributed by atoms with Crippen molar-refractivity contribution in [2.75, 3.05) is 33.8 Å². The zero-order valence-corrected chi connectivity index (χ0v) is 57.8. The summed E-state index contributed by atoms with van der Waals surface area (Å²) in [6.45, 7) is 16.8. The summed E-state index contributed by atoms with van der Waals surface area (Å²) in [5.74, 6) is -2.76. The van der Waals surface area contributed by atoms with Crippen molar-refractivity contribution in [2.45, 2.75) is 144 Å². The van der Waals surface area contributed by atoms with Crippen LogP contribution in [0.5, 0.6) is 0 Å². The molecule has 4 aromatic carbocycles. The lowest BCUT2D eigenvalue weighted by atomic mass is 10.0. The minimum Gasteiger partial charge on any atom is -0.480 e. The number of hydrogen-bond acceptors (Lipinski definition) is 10. The van der Waals surface area contributed by atoms with Crippen molar-refractivity contribution >= 4 is 93.8 Å². The lowest BCUT2D eigenvalue weighted by molar-refractivity contribution is -0.459. The van der Waals surface area contributed by atoms with Gasteiger partial charge < -0.3 is 31.3 Å². The fourth-order valence-corrected chi connectivity index (χ4v) is 10.3. The van der Waals surface area contributed by atoms with Gasteiger partial charge in [0, 0.05) is 33.2 Å². The first-order chi connectivity index (χ1) is 45.1. The highest BCUT2D eigenvalue weighted by Crippen LogP contribution is 2.24. The molecule has 0 radical (unpaired) electrons. The third-order valence-corrected chi connectivity index (χ3v) is 14.7. The van der Waals surface area contributed by atoms with E-state index < -0.39 is 60.9 Å². The van der Waals surface area contributed by atoms with Crippen LogP contribution in [0.3, 0.4) is 0 Å². The first kappa shape index (κ1) is 78.1. The normalized spacial score (nSPS) is 12.3. The smallest absolute Gasteiger partial charge is 0.340 e. The molecule has 0 aliphatic carbocycles. The predicted octanol–water partition coefficient (Wildman–Crippen LogP) is 5.30. The Hall–Kier alpha value is -8.39. The second kappa shape index (κ2) is 42.0. The Morgan fingerprint density at radius 1 is 0.649 bits per heavy atom. The number of nitrogens with zero attached hydrogens (tertiary/aromatic N) is 7. The highest BCUT2D eigenvalue weighted by Gasteiger charge is 2.32. The van der Waals surface area contributed by atoms with Crippen LogP contribution in [-0.4, -0.2) is 145 Å². The quantitative estimate of drug-likeness (QED) is 0.0155. The van der Waals surface area contributed by atoms with Crippen molar-refractivity contribution < 1.29 is 49.6 Å². The molecule has 94 heavy (non-hydrogen) atoms. The van der Waals surface area contributed by atoms with E-state index in [9.17, 15) is 38.3 Å². The van der Waals surface area contributed by atoms with Crippen molar-refractivity contribution in [1.29, 1.82) is 0 Å². The van der Waals surface area contributed by atoms with Crippen molar-refractivity contribution in [3.05, 3.63) is 152 Å². The molecule has 24 nitrogen and oxygen atoms in total. The van der Waals surface area contributed by atoms with Gasteiger partial charge in [0.25, 0.3) is 11.8 Å². The molecule has 2 aromatic heterocycles. The topological polar surface area (TPSA) is 353 Å². The average Bonchev–Trinajstić information content (AvgIpc) is 1.70. The van der Waals surface area contributed by atoms with Gasteiger partial charge in [0.1, 0.15) is 35.8 Å². The van der Waals surface area contributed by atoms with E-state index in [2.05, 4.69) is 94.0 Å². The molecule has 0 saturated heterocycles. The number of hydrogen-bond donors (Lipinski definition) is 11. The van der Waals surface area contributed by atoms with Gasteiger partial charge >= 0.3 is 17.9 Å². The van der Waals surface area contributed by atoms with E-state index in [1.54, 1.807) is 62.2 Å². The number of carboxylic acid groups (broad SMARTS) is 1. The fourth-order valence-electron chi connectivity index (χ4n) is 9.25. The number of aryl methyl sites for hydroxylation is 3. The van der Waals surface area contributed by atoms with Gasteiger partial charge in [0.05, 0.1) is 40.0 Å². The summed E-state index contributed by atoms with van der Waals surface area (Å²) in [4.78, 5) is 94.3. The minimum absolute atomic E-state index is 0.0369. The Balaban J connectivity index is 0.000000421. The molecule has 6 rings (SSSR count). The van der Waals surface area contributed by atoms with Gasteiger partial charge in [-0.15, -0.1) is 10.2 Å². The molecular formula is C65H92Cl4FN17O7+2. The van der Waals surface area contributed by atoms with Crippen LogP contribution < -0.4 is 53.8 Å². The SMILES string of the molecule is CCCCc1ccccc1.CCN(Cc1ccccc1)C(=O)[C@@H](CC(C)C)NC(=O)[C@H](CCC[NH+]=C(N)N)NC(=O)c1nc(C)n(-c2cc(Cl)cc(Cl)c2)n1.C[NH+]=C(N)NCCC[C@H](NC(=O)c1nc(C)n(-c2cc(Cl)cc(Cl)c2)n1)C(=O)N[C@H](CC(C)C)C(=O)O.[2H]CF. The molecule has 6 aromatic rings. The van der Waals surface area contributed by atoms with Crippen molar-refractivity contribution in [3.8, 4) is 11.4 Å². The Morgan fingerprint density at radius 2 is 1.09 bits per heavy atom. The average molecular weight is 1390 g/mol. The standard InChI is InChI=1S/C31H41Cl2N9O3.C23H32Cl2N8O4.C10H14.CH3F/c1-5-41(18-21-10-7-6-8-11-21)30(45)26(14-19(2)3)39-28(43)25(12-9-13-36-31(34)35)38-29(44)27-37-20(4)42(40-27)24-16-22(32)15-23(33)17-24;1-12(2)8-18(22(36)37)31-20(34)17(6-5-7-28-23(26)27-4)30-21(35)19-29-13(3)33(32-19)16-10-14(24)9-15(25)11-16;1-2-3-7-10-8-5-4-6-9-10;1-2/h6-8,10-11,15-17,19,25-26H,5,9,12-14,18H2,1-4H3,(H,38,44)(H,39,43)(H4,34,35,36);9-12,17-18H,5-8H2,1-4H3,(H,30,35)(H,31,34)(H,36,37)(H3,26,27,28);4-6,8-9H,2-3,7H2,1H3;1H3/p+2/t25-,26+;17-,18+;;/m00../s1/i;;;1D. The predicted molar refractivity (Wildman–Crippen MR) is 367 cm³/mol. The first-order valence-corrected chi connectivity index (χ1v) is 32.3. The highest BCUT2D eigenvalue weighted by atomic mass is 35.5. The van der Waals surface area contributed by atoms with E-state index in [0.717, 1.165) is 5.56 Å². The lowest BCUT2D eigenvalue weighted by Crippen LogP contribution is -2.78. The van der Waals surface area contributed by atoms with Crippen LogP contribution in [0.25, 0.3) is 11.4 Å². The second-order valence-corrected chi connectivity index (χ2v) is 24.2. The summed E-state index contributed by atoms with van der Waals surface area (Å²) in [5.41, 5.74) is 20.2. The van der Waals surface area contributed by atoms with Gasteiger partial charge in [-0.25, -0.2) is 24.1 Å². The number of carbonyl (C=O) groups excluding carboxylic acids is 5. The molecular weight excluding hydrogens is 1290 g/mol. The maximum atomic E-state index is 13.7. The van der Waals surface area contributed by atoms with Crippen LogP contribution in [0.15, 0.2) is 97.1 Å². The molecule has 0 bridgehead atoms. The van der Waals surface area contributed by atoms with Crippen LogP contribution in [0, 0.1) is 25.7 Å². The largest absolute Gasteiger partial charge is 0.480 e. The van der Waals surface area contributed by atoms with E-state index in [1.165, 1.54) is 34.2 Å². The molecule has 4 atom stereocenters. The van der Waals surface area contributed by atoms with Crippen LogP contribution in [0.4, 0.5) is 4.39 Å². The Kier molecular flexibility index (Phi) is 34.9. The van der Waals surface area contributed by atoms with Crippen LogP contribution >= 0.6 is 46.4 Å². The first-order valence-electron chi connectivity index (χ1n) is 31.5. The number of nitrogens with two attached hydrogens (primary N) is 3. The zero-order valence-electron chi connectivity index (χ0n) is 55.8. The molecule has 512 valence electrons. The van der Waals surface area contributed by atoms with E-state index in [-0.39, 0.29) is 54.6 Å². The van der Waals surface area contributed by atoms with Crippen molar-refractivity contribution in [3.63, 3.8) is 0 Å². The maximum absolute atomic E-state index is 13.7. The Bertz CT molecular complexity index is 3410. The van der Waals surface area contributed by atoms with Crippen LogP contribution in [0.1, 0.15) is 138 Å². The molecule has 0 unspecified atom stereocenters. The summed E-state index contributed by atoms with van der Waals surface area (Å²) in [6, 6.07) is 26.1. The molecule has 0 spiro atoms. The van der Waals surface area contributed by atoms with E-state index >= 15 is 0 Å². The summed E-state index contributed by atoms with van der Waals surface area (Å²) >= 11 is 24.5. The number of alkyl halides is 1. The number of guanidine groups is 2. The Morgan fingerprint density at radius 3 is 1.50 bits per heavy atom. The lowest BCUT2D eigenvalue weighted by Gasteiger charge is -2.29. The number of benzene rings is 4. The summed E-state index contributed by atoms with van der Waals surface area (Å²) in [5, 5.41) is 33.4. The third kappa shape index (κ3) is 28.5. The van der Waals surface area contributed by atoms with Gasteiger partial charge in [0.15, 0.2) is 0 Å². The van der Waals surface area contributed by atoms with Gasteiger partial charge in [-0.05, 0) is 131 Å². The molecule has 5 amide bonds. The van der Waals surface area contributed by atoms with E-state index in [0.29, 0.717) is 94.5 Å². The van der Waals surface area contributed by atoms with Gasteiger partial charge in [-0.1, -0.05) is 148 Å². The number of aliphatic carboxylic acids is 1. The van der Waals surface area contributed by atoms with Gasteiger partial charge in [-0.2, -0.15) is 0 Å². The van der Waals surface area contributed by atoms with E-state index in [4.69, 9.17) is 65.0 Å². The molecule has 2 heterocycles. The molecule has 0 saturated carbocycles. The molecule has 29 heteroatoms. The number of rotatable bonds is 30. The molecule has 0 aliphatic rings. The number of halogens is 5. The summed E-state index contributed by atoms with van der Waals surface area (Å²) in [7, 11) is 0.658. The fraction of sp³-hybridized carbons (Fsp3) is 0.446. The number of unbranched alkanes of at least 4 members (excludes halogenated alkanes) is 1. The second-order valence-electron chi connectivity index (χ2n) is 22.5. The monoisotopic (exact) mass is 1380 g/mol. The number of nitrogens with one attached hydrogen (secondary N) is 7. The number of carboxylic acids is 1. The maximum Gasteiger partial charge on any atom is 0.340 e. The van der Waals surface area contributed by atoms with Gasteiger partial charge in [0.2, 0.25) is 29.4 Å². The molecule has 0 aliphatic heterocycles. The number of aromatic nitrogens is 6. The number of carbonyl (C=O) groups is 6. The van der Waals surface area contributed by atoms with Crippen LogP contribution in [-0.2, 0) is 32.1 Å². The zero-order chi connectivity index (χ0) is 70.7. The molecule has 0 fully saturated rings. The van der Waals surface area contributed by atoms with Crippen molar-refractivity contribution in [1.82, 2.24) is 61.0 Å². The van der Waals surface area contributed by atoms with Gasteiger partial charge in [-0.3, -0.25) is 60.9 Å². The number of likely N-dealkylation sites (N-methyl/N-ethyl adjacent to an activating group) is 1. The van der Waals surface area contributed by atoms with Crippen LogP contribution in [0.2, 0.25) is 20.1 Å². The van der Waals surface area contributed by atoms with Crippen molar-refractivity contribution in [2.24, 2.45) is 29.0 Å². The highest BCUT2D eigenvalue weighted by molar-refractivity contribution is 6.35.